The molecule has 0 bridgehead atoms. The Bertz CT molecular complexity index is 755. The summed E-state index contributed by atoms with van der Waals surface area (Å²) >= 11 is 15.0. The SMILES string of the molecule is O=C(COC(=O)COc1cccc(Br)c1)Nc1ccc(Cl)cc1Cl. The maximum Gasteiger partial charge on any atom is 0.344 e. The molecule has 0 saturated heterocycles. The number of esters is 1. The van der Waals surface area contributed by atoms with Gasteiger partial charge in [-0.05, 0) is 36.4 Å². The van der Waals surface area contributed by atoms with E-state index in [0.29, 0.717) is 21.5 Å². The Morgan fingerprint density at radius 1 is 1.08 bits per heavy atom. The van der Waals surface area contributed by atoms with Gasteiger partial charge >= 0.3 is 5.97 Å². The summed E-state index contributed by atoms with van der Waals surface area (Å²) in [6.07, 6.45) is 0. The monoisotopic (exact) mass is 431 g/mol. The number of rotatable bonds is 6. The number of ether oxygens (including phenoxy) is 2. The van der Waals surface area contributed by atoms with E-state index in [4.69, 9.17) is 32.7 Å². The molecule has 8 heteroatoms. The topological polar surface area (TPSA) is 64.6 Å². The predicted octanol–water partition coefficient (Wildman–Crippen LogP) is 4.32. The molecule has 0 saturated carbocycles. The van der Waals surface area contributed by atoms with Gasteiger partial charge < -0.3 is 14.8 Å². The number of carbonyl (C=O) groups excluding carboxylic acids is 2. The zero-order chi connectivity index (χ0) is 17.5. The Balaban J connectivity index is 1.75. The fourth-order valence-electron chi connectivity index (χ4n) is 1.66. The van der Waals surface area contributed by atoms with E-state index < -0.39 is 18.5 Å². The van der Waals surface area contributed by atoms with Crippen LogP contribution in [-0.2, 0) is 14.3 Å². The van der Waals surface area contributed by atoms with E-state index >= 15 is 0 Å². The summed E-state index contributed by atoms with van der Waals surface area (Å²) in [7, 11) is 0. The molecule has 1 N–H and O–H groups in total. The Kier molecular flexibility index (Phi) is 6.90. The number of benzene rings is 2. The smallest absolute Gasteiger partial charge is 0.344 e. The standard InChI is InChI=1S/C16H12BrCl2NO4/c17-10-2-1-3-12(6-10)23-9-16(22)24-8-15(21)20-14-5-4-11(18)7-13(14)19/h1-7H,8-9H2,(H,20,21). The number of carbonyl (C=O) groups is 2. The van der Waals surface area contributed by atoms with E-state index in [1.807, 2.05) is 6.07 Å². The van der Waals surface area contributed by atoms with E-state index in [2.05, 4.69) is 21.2 Å². The fourth-order valence-corrected chi connectivity index (χ4v) is 2.50. The highest BCUT2D eigenvalue weighted by Gasteiger charge is 2.10. The van der Waals surface area contributed by atoms with Crippen molar-refractivity contribution < 1.29 is 19.1 Å². The van der Waals surface area contributed by atoms with Gasteiger partial charge in [0, 0.05) is 9.50 Å². The average molecular weight is 433 g/mol. The van der Waals surface area contributed by atoms with Gasteiger partial charge in [0.2, 0.25) is 0 Å². The molecule has 0 radical (unpaired) electrons. The Hall–Kier alpha value is -1.76. The van der Waals surface area contributed by atoms with Crippen molar-refractivity contribution in [3.8, 4) is 5.75 Å². The first-order chi connectivity index (χ1) is 11.4. The second-order valence-electron chi connectivity index (χ2n) is 4.58. The molecule has 0 aromatic heterocycles. The van der Waals surface area contributed by atoms with E-state index in [-0.39, 0.29) is 6.61 Å². The third-order valence-corrected chi connectivity index (χ3v) is 3.76. The molecule has 126 valence electrons. The van der Waals surface area contributed by atoms with Crippen LogP contribution < -0.4 is 10.1 Å². The van der Waals surface area contributed by atoms with E-state index in [9.17, 15) is 9.59 Å². The van der Waals surface area contributed by atoms with Crippen LogP contribution >= 0.6 is 39.1 Å². The van der Waals surface area contributed by atoms with Crippen LogP contribution in [0.4, 0.5) is 5.69 Å². The first-order valence-corrected chi connectivity index (χ1v) is 8.28. The lowest BCUT2D eigenvalue weighted by molar-refractivity contribution is -0.149. The molecule has 0 aliphatic heterocycles. The normalized spacial score (nSPS) is 10.1. The molecule has 5 nitrogen and oxygen atoms in total. The zero-order valence-electron chi connectivity index (χ0n) is 12.2. The summed E-state index contributed by atoms with van der Waals surface area (Å²) in [6, 6.07) is 11.7. The largest absolute Gasteiger partial charge is 0.482 e. The minimum atomic E-state index is -0.660. The molecule has 2 aromatic carbocycles. The van der Waals surface area contributed by atoms with Gasteiger partial charge in [-0.1, -0.05) is 45.2 Å². The highest BCUT2D eigenvalue weighted by molar-refractivity contribution is 9.10. The molecule has 0 aliphatic carbocycles. The van der Waals surface area contributed by atoms with Crippen molar-refractivity contribution in [1.29, 1.82) is 0 Å². The maximum absolute atomic E-state index is 11.7. The Labute approximate surface area is 157 Å². The molecule has 24 heavy (non-hydrogen) atoms. The average Bonchev–Trinajstić information content (AvgIpc) is 2.54. The third kappa shape index (κ3) is 6.03. The molecule has 0 heterocycles. The minimum absolute atomic E-state index is 0.292. The summed E-state index contributed by atoms with van der Waals surface area (Å²) in [5.41, 5.74) is 0.382. The summed E-state index contributed by atoms with van der Waals surface area (Å²) in [5, 5.41) is 3.26. The molecule has 0 unspecified atom stereocenters. The number of anilines is 1. The molecule has 0 atom stereocenters. The van der Waals surface area contributed by atoms with Crippen molar-refractivity contribution in [3.63, 3.8) is 0 Å². The fraction of sp³-hybridized carbons (Fsp3) is 0.125. The van der Waals surface area contributed by atoms with Gasteiger partial charge in [0.05, 0.1) is 10.7 Å². The molecular formula is C16H12BrCl2NO4. The Morgan fingerprint density at radius 3 is 2.58 bits per heavy atom. The van der Waals surface area contributed by atoms with E-state index in [0.717, 1.165) is 4.47 Å². The van der Waals surface area contributed by atoms with Crippen LogP contribution in [-0.4, -0.2) is 25.1 Å². The lowest BCUT2D eigenvalue weighted by Crippen LogP contribution is -2.23. The Morgan fingerprint density at radius 2 is 1.88 bits per heavy atom. The maximum atomic E-state index is 11.7. The van der Waals surface area contributed by atoms with Crippen LogP contribution in [0.2, 0.25) is 10.0 Å². The van der Waals surface area contributed by atoms with Crippen molar-refractivity contribution in [2.75, 3.05) is 18.5 Å². The summed E-state index contributed by atoms with van der Waals surface area (Å²) in [5.74, 6) is -0.666. The second kappa shape index (κ2) is 8.92. The molecule has 0 aliphatic rings. The molecule has 0 fully saturated rings. The minimum Gasteiger partial charge on any atom is -0.482 e. The van der Waals surface area contributed by atoms with Gasteiger partial charge in [0.25, 0.3) is 5.91 Å². The number of hydrogen-bond acceptors (Lipinski definition) is 4. The molecule has 0 spiro atoms. The number of halogens is 3. The highest BCUT2D eigenvalue weighted by Crippen LogP contribution is 2.25. The lowest BCUT2D eigenvalue weighted by atomic mass is 10.3. The number of nitrogens with one attached hydrogen (secondary N) is 1. The van der Waals surface area contributed by atoms with Crippen LogP contribution in [0.5, 0.6) is 5.75 Å². The zero-order valence-corrected chi connectivity index (χ0v) is 15.3. The molecule has 2 rings (SSSR count). The molecular weight excluding hydrogens is 421 g/mol. The van der Waals surface area contributed by atoms with Crippen LogP contribution in [0.15, 0.2) is 46.9 Å². The summed E-state index contributed by atoms with van der Waals surface area (Å²) in [4.78, 5) is 23.3. The van der Waals surface area contributed by atoms with E-state index in [1.54, 1.807) is 30.3 Å². The van der Waals surface area contributed by atoms with Gasteiger partial charge in [0.15, 0.2) is 13.2 Å². The molecule has 2 aromatic rings. The van der Waals surface area contributed by atoms with Gasteiger partial charge in [-0.15, -0.1) is 0 Å². The lowest BCUT2D eigenvalue weighted by Gasteiger charge is -2.09. The predicted molar refractivity (Wildman–Crippen MR) is 95.7 cm³/mol. The van der Waals surface area contributed by atoms with Gasteiger partial charge in [0.1, 0.15) is 5.75 Å². The van der Waals surface area contributed by atoms with Crippen molar-refractivity contribution in [2.24, 2.45) is 0 Å². The van der Waals surface area contributed by atoms with Gasteiger partial charge in [-0.25, -0.2) is 4.79 Å². The highest BCUT2D eigenvalue weighted by atomic mass is 79.9. The summed E-state index contributed by atoms with van der Waals surface area (Å²) in [6.45, 7) is -0.745. The first-order valence-electron chi connectivity index (χ1n) is 6.73. The van der Waals surface area contributed by atoms with E-state index in [1.165, 1.54) is 6.07 Å². The van der Waals surface area contributed by atoms with Crippen LogP contribution in [0.25, 0.3) is 0 Å². The van der Waals surface area contributed by atoms with Crippen molar-refractivity contribution in [3.05, 3.63) is 57.0 Å². The van der Waals surface area contributed by atoms with Crippen LogP contribution in [0.3, 0.4) is 0 Å². The first kappa shape index (κ1) is 18.6. The second-order valence-corrected chi connectivity index (χ2v) is 6.34. The van der Waals surface area contributed by atoms with Crippen molar-refractivity contribution >= 4 is 56.7 Å². The van der Waals surface area contributed by atoms with Crippen LogP contribution in [0, 0.1) is 0 Å². The third-order valence-electron chi connectivity index (χ3n) is 2.72. The van der Waals surface area contributed by atoms with Crippen molar-refractivity contribution in [1.82, 2.24) is 0 Å². The van der Waals surface area contributed by atoms with Crippen molar-refractivity contribution in [2.45, 2.75) is 0 Å². The molecule has 1 amide bonds. The van der Waals surface area contributed by atoms with Crippen LogP contribution in [0.1, 0.15) is 0 Å². The number of hydrogen-bond donors (Lipinski definition) is 1. The summed E-state index contributed by atoms with van der Waals surface area (Å²) < 4.78 is 10.9. The van der Waals surface area contributed by atoms with Gasteiger partial charge in [-0.2, -0.15) is 0 Å². The number of amides is 1. The quantitative estimate of drug-likeness (QED) is 0.690. The van der Waals surface area contributed by atoms with Gasteiger partial charge in [-0.3, -0.25) is 4.79 Å².